The average Bonchev–Trinajstić information content (AvgIpc) is 3.00. The van der Waals surface area contributed by atoms with Gasteiger partial charge in [0.1, 0.15) is 11.5 Å². The van der Waals surface area contributed by atoms with Gasteiger partial charge in [-0.05, 0) is 69.2 Å². The molecule has 0 spiro atoms. The highest BCUT2D eigenvalue weighted by atomic mass is 32.2. The SMILES string of the molecule is Cc1cc(C(=O)O)cc(C)c1OC(=O)c1c2ccccc2[n+](CCCS(=O)(=O)NCC[N+](C)(C)CCCS(=O)(=O)O)c2ccc(OC(C)C)cc12. The van der Waals surface area contributed by atoms with E-state index in [9.17, 15) is 31.5 Å². The van der Waals surface area contributed by atoms with Crippen molar-refractivity contribution >= 4 is 53.9 Å². The van der Waals surface area contributed by atoms with Gasteiger partial charge in [-0.3, -0.25) is 4.55 Å². The van der Waals surface area contributed by atoms with E-state index in [-0.39, 0.29) is 48.3 Å². The molecule has 51 heavy (non-hydrogen) atoms. The Bertz CT molecular complexity index is 2140. The van der Waals surface area contributed by atoms with Crippen LogP contribution < -0.4 is 18.8 Å². The summed E-state index contributed by atoms with van der Waals surface area (Å²) in [6.07, 6.45) is 0.370. The van der Waals surface area contributed by atoms with Crippen LogP contribution in [0.15, 0.2) is 54.6 Å². The number of nitrogens with zero attached hydrogens (tertiary/aromatic N) is 2. The number of para-hydroxylation sites is 1. The molecule has 3 aromatic carbocycles. The van der Waals surface area contributed by atoms with Crippen LogP contribution in [0, 0.1) is 13.8 Å². The molecule has 0 bridgehead atoms. The number of carbonyl (C=O) groups excluding carboxylic acids is 1. The number of quaternary nitrogens is 1. The van der Waals surface area contributed by atoms with Crippen molar-refractivity contribution < 1.29 is 54.6 Å². The Hall–Kier alpha value is -4.15. The third-order valence-corrected chi connectivity index (χ3v) is 10.7. The molecule has 15 heteroatoms. The van der Waals surface area contributed by atoms with Crippen LogP contribution in [0.4, 0.5) is 0 Å². The van der Waals surface area contributed by atoms with Gasteiger partial charge in [-0.1, -0.05) is 12.1 Å². The average molecular weight is 746 g/mol. The van der Waals surface area contributed by atoms with Gasteiger partial charge in [0.05, 0.1) is 73.2 Å². The van der Waals surface area contributed by atoms with Crippen LogP contribution in [0.3, 0.4) is 0 Å². The maximum absolute atomic E-state index is 14.1. The second-order valence-electron chi connectivity index (χ2n) is 13.6. The lowest BCUT2D eigenvalue weighted by Crippen LogP contribution is -2.46. The molecule has 1 aromatic heterocycles. The van der Waals surface area contributed by atoms with E-state index in [2.05, 4.69) is 4.72 Å². The molecule has 4 rings (SSSR count). The Morgan fingerprint density at radius 2 is 1.53 bits per heavy atom. The van der Waals surface area contributed by atoms with Crippen LogP contribution in [0.5, 0.6) is 11.5 Å². The topological polar surface area (TPSA) is 177 Å². The van der Waals surface area contributed by atoms with Crippen LogP contribution in [-0.2, 0) is 26.7 Å². The first-order chi connectivity index (χ1) is 23.8. The number of likely N-dealkylation sites (N-methyl/N-ethyl adjacent to an activating group) is 1. The number of fused-ring (bicyclic) bond motifs is 2. The number of ether oxygens (including phenoxy) is 2. The zero-order valence-corrected chi connectivity index (χ0v) is 31.4. The molecule has 0 unspecified atom stereocenters. The molecule has 3 N–H and O–H groups in total. The van der Waals surface area contributed by atoms with E-state index in [1.807, 2.05) is 50.7 Å². The number of aromatic carboxylic acids is 1. The number of carbonyl (C=O) groups is 2. The molecule has 1 heterocycles. The number of carboxylic acids is 1. The number of benzene rings is 3. The van der Waals surface area contributed by atoms with Gasteiger partial charge in [0, 0.05) is 25.0 Å². The number of carboxylic acid groups (broad SMARTS) is 1. The van der Waals surface area contributed by atoms with Crippen molar-refractivity contribution in [2.75, 3.05) is 45.2 Å². The molecule has 0 aliphatic heterocycles. The van der Waals surface area contributed by atoms with Gasteiger partial charge in [-0.25, -0.2) is 22.7 Å². The van der Waals surface area contributed by atoms with Crippen LogP contribution in [0.2, 0.25) is 0 Å². The van der Waals surface area contributed by atoms with Gasteiger partial charge >= 0.3 is 11.9 Å². The first-order valence-corrected chi connectivity index (χ1v) is 19.9. The number of pyridine rings is 1. The lowest BCUT2D eigenvalue weighted by atomic mass is 10.0. The molecule has 0 aliphatic rings. The summed E-state index contributed by atoms with van der Waals surface area (Å²) in [7, 11) is -3.99. The van der Waals surface area contributed by atoms with Crippen molar-refractivity contribution in [3.63, 3.8) is 0 Å². The van der Waals surface area contributed by atoms with E-state index in [4.69, 9.17) is 14.0 Å². The molecule has 0 amide bonds. The molecule has 13 nitrogen and oxygen atoms in total. The van der Waals surface area contributed by atoms with Crippen LogP contribution in [-0.4, -0.2) is 94.3 Å². The molecular formula is C36H47N3O10S2+2. The van der Waals surface area contributed by atoms with Gasteiger partial charge in [0.15, 0.2) is 6.54 Å². The van der Waals surface area contributed by atoms with Crippen LogP contribution >= 0.6 is 0 Å². The Kier molecular flexibility index (Phi) is 12.5. The maximum atomic E-state index is 14.1. The standard InChI is InChI=1S/C36H45N3O10S2/c1-24(2)48-28-13-14-32-30(23-28)33(36(42)49-34-25(3)21-27(35(40)41)22-26(34)4)29-11-7-8-12-31(29)38(32)16-9-19-50(43,44)37-15-18-39(5,6)17-10-20-51(45,46)47/h7-8,11-14,21-24,37H,9-10,15-20H2,1-6H3/p+2. The van der Waals surface area contributed by atoms with Gasteiger partial charge in [-0.15, -0.1) is 0 Å². The largest absolute Gasteiger partial charge is 0.491 e. The summed E-state index contributed by atoms with van der Waals surface area (Å²) in [5.41, 5.74) is 2.74. The van der Waals surface area contributed by atoms with E-state index >= 15 is 0 Å². The zero-order valence-electron chi connectivity index (χ0n) is 29.8. The molecule has 0 saturated heterocycles. The fraction of sp³-hybridized carbons (Fsp3) is 0.417. The number of aromatic nitrogens is 1. The minimum absolute atomic E-state index is 0.0888. The number of esters is 1. The molecule has 0 atom stereocenters. The molecule has 4 aromatic rings. The Morgan fingerprint density at radius 3 is 2.16 bits per heavy atom. The summed E-state index contributed by atoms with van der Waals surface area (Å²) < 4.78 is 74.0. The fourth-order valence-electron chi connectivity index (χ4n) is 6.11. The van der Waals surface area contributed by atoms with E-state index < -0.39 is 32.1 Å². The highest BCUT2D eigenvalue weighted by Crippen LogP contribution is 2.32. The summed E-state index contributed by atoms with van der Waals surface area (Å²) in [6, 6.07) is 15.6. The lowest BCUT2D eigenvalue weighted by molar-refractivity contribution is -0.889. The Morgan fingerprint density at radius 1 is 0.882 bits per heavy atom. The van der Waals surface area contributed by atoms with Crippen LogP contribution in [0.1, 0.15) is 58.5 Å². The summed E-state index contributed by atoms with van der Waals surface area (Å²) in [5, 5.41) is 10.6. The molecule has 0 aliphatic carbocycles. The normalized spacial score (nSPS) is 12.5. The van der Waals surface area contributed by atoms with E-state index in [0.717, 1.165) is 0 Å². The summed E-state index contributed by atoms with van der Waals surface area (Å²) in [5.74, 6) is -1.42. The minimum atomic E-state index is -4.05. The van der Waals surface area contributed by atoms with E-state index in [0.29, 0.717) is 68.4 Å². The monoisotopic (exact) mass is 745 g/mol. The number of nitrogens with one attached hydrogen (secondary N) is 1. The molecule has 0 saturated carbocycles. The minimum Gasteiger partial charge on any atom is -0.491 e. The molecular weight excluding hydrogens is 699 g/mol. The highest BCUT2D eigenvalue weighted by molar-refractivity contribution is 7.89. The van der Waals surface area contributed by atoms with Crippen molar-refractivity contribution in [3.8, 4) is 11.5 Å². The predicted octanol–water partition coefficient (Wildman–Crippen LogP) is 4.27. The third-order valence-electron chi connectivity index (χ3n) is 8.47. The lowest BCUT2D eigenvalue weighted by Gasteiger charge is -2.29. The summed E-state index contributed by atoms with van der Waals surface area (Å²) in [6.45, 7) is 8.50. The van der Waals surface area contributed by atoms with Gasteiger partial charge in [0.25, 0.3) is 10.1 Å². The van der Waals surface area contributed by atoms with Gasteiger partial charge in [-0.2, -0.15) is 13.0 Å². The summed E-state index contributed by atoms with van der Waals surface area (Å²) >= 11 is 0. The highest BCUT2D eigenvalue weighted by Gasteiger charge is 2.28. The van der Waals surface area contributed by atoms with Crippen molar-refractivity contribution in [1.29, 1.82) is 0 Å². The number of sulfonamides is 1. The fourth-order valence-corrected chi connectivity index (χ4v) is 7.66. The van der Waals surface area contributed by atoms with E-state index in [1.54, 1.807) is 38.1 Å². The molecule has 276 valence electrons. The maximum Gasteiger partial charge on any atom is 0.345 e. The van der Waals surface area contributed by atoms with Crippen LogP contribution in [0.25, 0.3) is 21.8 Å². The number of rotatable bonds is 17. The zero-order chi connectivity index (χ0) is 37.7. The first kappa shape index (κ1) is 39.6. The quantitative estimate of drug-likeness (QED) is 0.0353. The van der Waals surface area contributed by atoms with E-state index in [1.165, 1.54) is 12.1 Å². The number of hydrogen-bond acceptors (Lipinski definition) is 8. The predicted molar refractivity (Wildman–Crippen MR) is 195 cm³/mol. The van der Waals surface area contributed by atoms with Crippen molar-refractivity contribution in [2.45, 2.75) is 53.2 Å². The van der Waals surface area contributed by atoms with Crippen molar-refractivity contribution in [3.05, 3.63) is 76.9 Å². The van der Waals surface area contributed by atoms with Gasteiger partial charge < -0.3 is 19.1 Å². The smallest absolute Gasteiger partial charge is 0.345 e. The van der Waals surface area contributed by atoms with Gasteiger partial charge in [0.2, 0.25) is 21.1 Å². The Balaban J connectivity index is 1.62. The second-order valence-corrected chi connectivity index (χ2v) is 17.1. The number of hydrogen-bond donors (Lipinski definition) is 3. The van der Waals surface area contributed by atoms with Crippen molar-refractivity contribution in [2.24, 2.45) is 0 Å². The second kappa shape index (κ2) is 16.0. The number of aryl methyl sites for hydroxylation is 3. The molecule has 0 fully saturated rings. The van der Waals surface area contributed by atoms with Crippen molar-refractivity contribution in [1.82, 2.24) is 4.72 Å². The third kappa shape index (κ3) is 10.7. The first-order valence-electron chi connectivity index (χ1n) is 16.6. The Labute approximate surface area is 299 Å². The summed E-state index contributed by atoms with van der Waals surface area (Å²) in [4.78, 5) is 25.7. The molecule has 0 radical (unpaired) electrons.